The van der Waals surface area contributed by atoms with Crippen LogP contribution in [0, 0.1) is 0 Å². The summed E-state index contributed by atoms with van der Waals surface area (Å²) in [4.78, 5) is 22.9. The van der Waals surface area contributed by atoms with Gasteiger partial charge in [0, 0.05) is 25.2 Å². The topological polar surface area (TPSA) is 99.2 Å². The molecule has 1 aliphatic rings. The molecule has 0 atom stereocenters. The van der Waals surface area contributed by atoms with Crippen molar-refractivity contribution in [1.82, 2.24) is 4.31 Å². The van der Waals surface area contributed by atoms with Gasteiger partial charge in [-0.1, -0.05) is 12.1 Å². The van der Waals surface area contributed by atoms with Gasteiger partial charge in [-0.2, -0.15) is 4.31 Å². The molecule has 0 amide bonds. The molecule has 0 spiro atoms. The van der Waals surface area contributed by atoms with Crippen LogP contribution in [0.3, 0.4) is 0 Å². The van der Waals surface area contributed by atoms with Crippen LogP contribution in [-0.4, -0.2) is 57.6 Å². The Bertz CT molecular complexity index is 767. The van der Waals surface area contributed by atoms with E-state index in [0.717, 1.165) is 12.2 Å². The monoisotopic (exact) mass is 383 g/mol. The van der Waals surface area contributed by atoms with E-state index >= 15 is 0 Å². The molecule has 0 bridgehead atoms. The van der Waals surface area contributed by atoms with Crippen molar-refractivity contribution >= 4 is 22.0 Å². The van der Waals surface area contributed by atoms with E-state index in [0.29, 0.717) is 31.9 Å². The number of ether oxygens (including phenoxy) is 3. The number of esters is 2. The largest absolute Gasteiger partial charge is 0.463 e. The third kappa shape index (κ3) is 5.65. The van der Waals surface area contributed by atoms with E-state index < -0.39 is 22.0 Å². The second-order valence-electron chi connectivity index (χ2n) is 5.36. The Kier molecular flexibility index (Phi) is 7.31. The number of sulfonamides is 1. The summed E-state index contributed by atoms with van der Waals surface area (Å²) in [5.41, 5.74) is 0.525. The molecule has 1 fully saturated rings. The lowest BCUT2D eigenvalue weighted by molar-refractivity contribution is -0.141. The first-order valence-electron chi connectivity index (χ1n) is 8.12. The molecule has 0 saturated carbocycles. The maximum Gasteiger partial charge on any atom is 0.331 e. The van der Waals surface area contributed by atoms with Crippen molar-refractivity contribution in [2.24, 2.45) is 0 Å². The smallest absolute Gasteiger partial charge is 0.331 e. The molecule has 0 radical (unpaired) electrons. The molecule has 9 heteroatoms. The van der Waals surface area contributed by atoms with Crippen LogP contribution in [0.2, 0.25) is 0 Å². The van der Waals surface area contributed by atoms with Gasteiger partial charge >= 0.3 is 11.9 Å². The summed E-state index contributed by atoms with van der Waals surface area (Å²) in [7, 11) is -3.61. The summed E-state index contributed by atoms with van der Waals surface area (Å²) < 4.78 is 41.4. The van der Waals surface area contributed by atoms with Crippen LogP contribution >= 0.6 is 0 Å². The predicted molar refractivity (Wildman–Crippen MR) is 91.6 cm³/mol. The van der Waals surface area contributed by atoms with Crippen molar-refractivity contribution in [2.75, 3.05) is 32.9 Å². The van der Waals surface area contributed by atoms with Gasteiger partial charge in [0.05, 0.1) is 24.7 Å². The van der Waals surface area contributed by atoms with E-state index in [1.807, 2.05) is 0 Å². The number of carbonyl (C=O) groups is 2. The lowest BCUT2D eigenvalue weighted by atomic mass is 10.2. The molecule has 1 aromatic carbocycles. The zero-order chi connectivity index (χ0) is 19.0. The SMILES string of the molecule is CCOC(=O)/C=C/C(=O)OCc1cccc(S(=O)(=O)N2CCOCC2)c1. The van der Waals surface area contributed by atoms with Gasteiger partial charge in [-0.3, -0.25) is 0 Å². The van der Waals surface area contributed by atoms with Crippen molar-refractivity contribution in [2.45, 2.75) is 18.4 Å². The quantitative estimate of drug-likeness (QED) is 0.509. The molecule has 2 rings (SSSR count). The highest BCUT2D eigenvalue weighted by Crippen LogP contribution is 2.18. The Hall–Kier alpha value is -2.23. The average molecular weight is 383 g/mol. The molecule has 0 unspecified atom stereocenters. The molecule has 0 aliphatic carbocycles. The van der Waals surface area contributed by atoms with Gasteiger partial charge in [-0.25, -0.2) is 18.0 Å². The van der Waals surface area contributed by atoms with E-state index in [1.54, 1.807) is 19.1 Å². The lowest BCUT2D eigenvalue weighted by Gasteiger charge is -2.26. The van der Waals surface area contributed by atoms with Gasteiger partial charge in [0.25, 0.3) is 0 Å². The first-order valence-corrected chi connectivity index (χ1v) is 9.56. The van der Waals surface area contributed by atoms with Crippen LogP contribution in [0.5, 0.6) is 0 Å². The molecule has 142 valence electrons. The number of carbonyl (C=O) groups excluding carboxylic acids is 2. The first kappa shape index (κ1) is 20.1. The Morgan fingerprint density at radius 2 is 1.81 bits per heavy atom. The third-order valence-electron chi connectivity index (χ3n) is 3.53. The summed E-state index contributed by atoms with van der Waals surface area (Å²) in [6, 6.07) is 6.20. The van der Waals surface area contributed by atoms with E-state index in [9.17, 15) is 18.0 Å². The molecule has 8 nitrogen and oxygen atoms in total. The van der Waals surface area contributed by atoms with Gasteiger partial charge in [-0.05, 0) is 24.6 Å². The zero-order valence-corrected chi connectivity index (χ0v) is 15.2. The Morgan fingerprint density at radius 3 is 2.46 bits per heavy atom. The summed E-state index contributed by atoms with van der Waals surface area (Å²) in [6.45, 7) is 3.09. The molecular formula is C17H21NO7S. The van der Waals surface area contributed by atoms with Gasteiger partial charge < -0.3 is 14.2 Å². The molecule has 1 aliphatic heterocycles. The summed E-state index contributed by atoms with van der Waals surface area (Å²) in [6.07, 6.45) is 1.94. The predicted octanol–water partition coefficient (Wildman–Crippen LogP) is 0.870. The van der Waals surface area contributed by atoms with Crippen LogP contribution in [0.15, 0.2) is 41.3 Å². The Morgan fingerprint density at radius 1 is 1.15 bits per heavy atom. The zero-order valence-electron chi connectivity index (χ0n) is 14.4. The van der Waals surface area contributed by atoms with Crippen molar-refractivity contribution in [1.29, 1.82) is 0 Å². The van der Waals surface area contributed by atoms with Crippen LogP contribution in [-0.2, 0) is 40.4 Å². The van der Waals surface area contributed by atoms with Crippen molar-refractivity contribution in [3.8, 4) is 0 Å². The summed E-state index contributed by atoms with van der Waals surface area (Å²) in [5.74, 6) is -1.36. The minimum Gasteiger partial charge on any atom is -0.463 e. The fourth-order valence-electron chi connectivity index (χ4n) is 2.26. The second kappa shape index (κ2) is 9.46. The maximum atomic E-state index is 12.6. The van der Waals surface area contributed by atoms with Gasteiger partial charge in [-0.15, -0.1) is 0 Å². The van der Waals surface area contributed by atoms with Crippen LogP contribution in [0.25, 0.3) is 0 Å². The number of nitrogens with zero attached hydrogens (tertiary/aromatic N) is 1. The molecular weight excluding hydrogens is 362 g/mol. The first-order chi connectivity index (χ1) is 12.4. The van der Waals surface area contributed by atoms with Crippen molar-refractivity contribution < 1.29 is 32.2 Å². The minimum absolute atomic E-state index is 0.113. The maximum absolute atomic E-state index is 12.6. The van der Waals surface area contributed by atoms with Gasteiger partial charge in [0.2, 0.25) is 10.0 Å². The Balaban J connectivity index is 1.98. The number of hydrogen-bond donors (Lipinski definition) is 0. The molecule has 0 aromatic heterocycles. The average Bonchev–Trinajstić information content (AvgIpc) is 2.66. The summed E-state index contributed by atoms with van der Waals surface area (Å²) >= 11 is 0. The van der Waals surface area contributed by atoms with Crippen molar-refractivity contribution in [3.63, 3.8) is 0 Å². The highest BCUT2D eigenvalue weighted by molar-refractivity contribution is 7.89. The summed E-state index contributed by atoms with van der Waals surface area (Å²) in [5, 5.41) is 0. The number of hydrogen-bond acceptors (Lipinski definition) is 7. The standard InChI is InChI=1S/C17H21NO7S/c1-2-24-16(19)6-7-17(20)25-13-14-4-3-5-15(12-14)26(21,22)18-8-10-23-11-9-18/h3-7,12H,2,8-11,13H2,1H3/b7-6+. The van der Waals surface area contributed by atoms with E-state index in [1.165, 1.54) is 16.4 Å². The van der Waals surface area contributed by atoms with Crippen LogP contribution < -0.4 is 0 Å². The third-order valence-corrected chi connectivity index (χ3v) is 5.42. The normalized spacial score (nSPS) is 15.7. The fourth-order valence-corrected chi connectivity index (χ4v) is 3.74. The number of rotatable bonds is 7. The molecule has 0 N–H and O–H groups in total. The van der Waals surface area contributed by atoms with Crippen LogP contribution in [0.4, 0.5) is 0 Å². The van der Waals surface area contributed by atoms with E-state index in [2.05, 4.69) is 4.74 Å². The number of morpholine rings is 1. The minimum atomic E-state index is -3.61. The second-order valence-corrected chi connectivity index (χ2v) is 7.29. The molecule has 1 saturated heterocycles. The van der Waals surface area contributed by atoms with Crippen LogP contribution in [0.1, 0.15) is 12.5 Å². The van der Waals surface area contributed by atoms with E-state index in [-0.39, 0.29) is 18.1 Å². The van der Waals surface area contributed by atoms with E-state index in [4.69, 9.17) is 9.47 Å². The van der Waals surface area contributed by atoms with Crippen molar-refractivity contribution in [3.05, 3.63) is 42.0 Å². The fraction of sp³-hybridized carbons (Fsp3) is 0.412. The van der Waals surface area contributed by atoms with Gasteiger partial charge in [0.1, 0.15) is 6.61 Å². The van der Waals surface area contributed by atoms with Gasteiger partial charge in [0.15, 0.2) is 0 Å². The molecule has 26 heavy (non-hydrogen) atoms. The Labute approximate surface area is 152 Å². The number of benzene rings is 1. The highest BCUT2D eigenvalue weighted by Gasteiger charge is 2.26. The lowest BCUT2D eigenvalue weighted by Crippen LogP contribution is -2.40. The molecule has 1 heterocycles. The highest BCUT2D eigenvalue weighted by atomic mass is 32.2. The molecule has 1 aromatic rings.